The van der Waals surface area contributed by atoms with Crippen molar-refractivity contribution in [2.45, 2.75) is 45.4 Å². The van der Waals surface area contributed by atoms with Crippen molar-refractivity contribution in [3.05, 3.63) is 47.2 Å². The van der Waals surface area contributed by atoms with Gasteiger partial charge in [0.1, 0.15) is 5.82 Å². The zero-order valence-electron chi connectivity index (χ0n) is 16.5. The molecule has 0 bridgehead atoms. The van der Waals surface area contributed by atoms with Crippen molar-refractivity contribution in [1.82, 2.24) is 10.3 Å². The van der Waals surface area contributed by atoms with Crippen molar-refractivity contribution >= 4 is 17.8 Å². The summed E-state index contributed by atoms with van der Waals surface area (Å²) in [5.74, 6) is 0.805. The van der Waals surface area contributed by atoms with Crippen molar-refractivity contribution in [2.24, 2.45) is 11.7 Å². The highest BCUT2D eigenvalue weighted by molar-refractivity contribution is 5.97. The maximum atomic E-state index is 12.1. The van der Waals surface area contributed by atoms with Gasteiger partial charge in [0.05, 0.1) is 0 Å². The number of anilines is 1. The normalized spacial score (nSPS) is 14.1. The number of hydrogen-bond donors (Lipinski definition) is 3. The summed E-state index contributed by atoms with van der Waals surface area (Å²) in [6.45, 7) is 2.04. The van der Waals surface area contributed by atoms with Gasteiger partial charge in [0.15, 0.2) is 0 Å². The molecule has 0 radical (unpaired) electrons. The Bertz CT molecular complexity index is 856. The first-order chi connectivity index (χ1) is 13.5. The molecular formula is C22H28N4O2. The first-order valence-corrected chi connectivity index (χ1v) is 9.87. The summed E-state index contributed by atoms with van der Waals surface area (Å²) in [6.07, 6.45) is 8.79. The van der Waals surface area contributed by atoms with E-state index in [0.717, 1.165) is 41.0 Å². The highest BCUT2D eigenvalue weighted by Crippen LogP contribution is 2.34. The van der Waals surface area contributed by atoms with Gasteiger partial charge in [0, 0.05) is 24.4 Å². The van der Waals surface area contributed by atoms with Crippen molar-refractivity contribution in [1.29, 1.82) is 0 Å². The van der Waals surface area contributed by atoms with Crippen LogP contribution in [0.25, 0.3) is 11.1 Å². The summed E-state index contributed by atoms with van der Waals surface area (Å²) in [7, 11) is 1.55. The number of nitrogens with two attached hydrogens (primary N) is 1. The molecule has 2 aromatic rings. The highest BCUT2D eigenvalue weighted by Gasteiger charge is 2.20. The van der Waals surface area contributed by atoms with Crippen molar-refractivity contribution < 1.29 is 9.59 Å². The predicted octanol–water partition coefficient (Wildman–Crippen LogP) is 4.03. The SMILES string of the molecule is CNC(=O)Nc1ccc(-c2c(C)ccc(C(N)=O)c2CCC2CCCC2)cn1. The number of aryl methyl sites for hydroxylation is 1. The molecule has 0 saturated heterocycles. The van der Waals surface area contributed by atoms with Gasteiger partial charge in [-0.2, -0.15) is 0 Å². The number of primary amides is 1. The second-order valence-electron chi connectivity index (χ2n) is 7.47. The lowest BCUT2D eigenvalue weighted by Crippen LogP contribution is -2.24. The number of pyridine rings is 1. The molecule has 1 aromatic heterocycles. The van der Waals surface area contributed by atoms with Gasteiger partial charge in [-0.05, 0) is 60.6 Å². The fourth-order valence-corrected chi connectivity index (χ4v) is 4.10. The van der Waals surface area contributed by atoms with Gasteiger partial charge in [-0.15, -0.1) is 0 Å². The Hall–Kier alpha value is -2.89. The van der Waals surface area contributed by atoms with Gasteiger partial charge in [-0.3, -0.25) is 10.1 Å². The molecule has 0 aliphatic heterocycles. The summed E-state index contributed by atoms with van der Waals surface area (Å²) in [4.78, 5) is 27.9. The van der Waals surface area contributed by atoms with Gasteiger partial charge in [-0.1, -0.05) is 31.7 Å². The van der Waals surface area contributed by atoms with Crippen LogP contribution in [0.3, 0.4) is 0 Å². The van der Waals surface area contributed by atoms with Crippen molar-refractivity contribution in [2.75, 3.05) is 12.4 Å². The Morgan fingerprint density at radius 1 is 1.18 bits per heavy atom. The largest absolute Gasteiger partial charge is 0.366 e. The van der Waals surface area contributed by atoms with Gasteiger partial charge in [-0.25, -0.2) is 9.78 Å². The fourth-order valence-electron chi connectivity index (χ4n) is 4.10. The molecule has 1 aromatic carbocycles. The first kappa shape index (κ1) is 19.9. The zero-order valence-corrected chi connectivity index (χ0v) is 16.5. The Morgan fingerprint density at radius 3 is 2.54 bits per heavy atom. The third-order valence-corrected chi connectivity index (χ3v) is 5.58. The minimum Gasteiger partial charge on any atom is -0.366 e. The zero-order chi connectivity index (χ0) is 20.1. The molecule has 28 heavy (non-hydrogen) atoms. The van der Waals surface area contributed by atoms with E-state index in [1.807, 2.05) is 25.1 Å². The Balaban J connectivity index is 1.94. The van der Waals surface area contributed by atoms with E-state index in [4.69, 9.17) is 5.73 Å². The van der Waals surface area contributed by atoms with E-state index in [9.17, 15) is 9.59 Å². The summed E-state index contributed by atoms with van der Waals surface area (Å²) < 4.78 is 0. The lowest BCUT2D eigenvalue weighted by molar-refractivity contribution is 0.0999. The smallest absolute Gasteiger partial charge is 0.320 e. The second kappa shape index (κ2) is 8.87. The van der Waals surface area contributed by atoms with Gasteiger partial charge < -0.3 is 11.1 Å². The van der Waals surface area contributed by atoms with Crippen molar-refractivity contribution in [3.63, 3.8) is 0 Å². The van der Waals surface area contributed by atoms with Crippen LogP contribution >= 0.6 is 0 Å². The van der Waals surface area contributed by atoms with E-state index in [0.29, 0.717) is 11.4 Å². The average Bonchev–Trinajstić information content (AvgIpc) is 3.20. The quantitative estimate of drug-likeness (QED) is 0.706. The van der Waals surface area contributed by atoms with Gasteiger partial charge in [0.25, 0.3) is 0 Å². The third-order valence-electron chi connectivity index (χ3n) is 5.58. The van der Waals surface area contributed by atoms with E-state index in [-0.39, 0.29) is 6.03 Å². The Labute approximate surface area is 165 Å². The molecule has 4 N–H and O–H groups in total. The van der Waals surface area contributed by atoms with E-state index in [2.05, 4.69) is 15.6 Å². The number of rotatable bonds is 6. The molecule has 0 unspecified atom stereocenters. The minimum absolute atomic E-state index is 0.315. The number of aromatic nitrogens is 1. The van der Waals surface area contributed by atoms with Crippen molar-refractivity contribution in [3.8, 4) is 11.1 Å². The molecule has 6 heteroatoms. The predicted molar refractivity (Wildman–Crippen MR) is 111 cm³/mol. The number of carbonyl (C=O) groups is 2. The van der Waals surface area contributed by atoms with Gasteiger partial charge in [0.2, 0.25) is 5.91 Å². The standard InChI is InChI=1S/C22H28N4O2/c1-14-7-10-18(21(23)27)17(11-8-15-5-3-4-6-15)20(14)16-9-12-19(25-13-16)26-22(28)24-2/h7,9-10,12-13,15H,3-6,8,11H2,1-2H3,(H2,23,27)(H2,24,25,26,28). The molecule has 3 rings (SSSR count). The summed E-state index contributed by atoms with van der Waals surface area (Å²) >= 11 is 0. The van der Waals surface area contributed by atoms with E-state index in [1.54, 1.807) is 19.3 Å². The number of benzene rings is 1. The fraction of sp³-hybridized carbons (Fsp3) is 0.409. The van der Waals surface area contributed by atoms with Crippen LogP contribution in [0.15, 0.2) is 30.5 Å². The second-order valence-corrected chi connectivity index (χ2v) is 7.47. The van der Waals surface area contributed by atoms with E-state index in [1.165, 1.54) is 25.7 Å². The Kier molecular flexibility index (Phi) is 6.29. The molecule has 3 amide bonds. The van der Waals surface area contributed by atoms with Crippen LogP contribution in [0.5, 0.6) is 0 Å². The molecule has 148 valence electrons. The third kappa shape index (κ3) is 4.50. The maximum absolute atomic E-state index is 12.1. The number of urea groups is 1. The van der Waals surface area contributed by atoms with Crippen LogP contribution < -0.4 is 16.4 Å². The number of amides is 3. The number of nitrogens with zero attached hydrogens (tertiary/aromatic N) is 1. The molecule has 1 saturated carbocycles. The minimum atomic E-state index is -0.395. The van der Waals surface area contributed by atoms with Crippen LogP contribution in [0.2, 0.25) is 0 Å². The maximum Gasteiger partial charge on any atom is 0.320 e. The van der Waals surface area contributed by atoms with Gasteiger partial charge >= 0.3 is 6.03 Å². The number of hydrogen-bond acceptors (Lipinski definition) is 3. The molecular weight excluding hydrogens is 352 g/mol. The molecule has 1 aliphatic rings. The summed E-state index contributed by atoms with van der Waals surface area (Å²) in [5, 5.41) is 5.16. The Morgan fingerprint density at radius 2 is 1.93 bits per heavy atom. The van der Waals surface area contributed by atoms with Crippen LogP contribution in [-0.4, -0.2) is 24.0 Å². The molecule has 1 fully saturated rings. The summed E-state index contributed by atoms with van der Waals surface area (Å²) in [5.41, 5.74) is 10.3. The highest BCUT2D eigenvalue weighted by atomic mass is 16.2. The van der Waals surface area contributed by atoms with Crippen LogP contribution in [0.1, 0.15) is 53.6 Å². The lowest BCUT2D eigenvalue weighted by atomic mass is 9.87. The molecule has 0 atom stereocenters. The lowest BCUT2D eigenvalue weighted by Gasteiger charge is -2.18. The van der Waals surface area contributed by atoms with E-state index < -0.39 is 5.91 Å². The molecule has 0 spiro atoms. The number of carbonyl (C=O) groups excluding carboxylic acids is 2. The first-order valence-electron chi connectivity index (χ1n) is 9.87. The average molecular weight is 380 g/mol. The monoisotopic (exact) mass is 380 g/mol. The van der Waals surface area contributed by atoms with Crippen LogP contribution in [-0.2, 0) is 6.42 Å². The molecule has 1 aliphatic carbocycles. The molecule has 6 nitrogen and oxygen atoms in total. The van der Waals surface area contributed by atoms with Crippen LogP contribution in [0.4, 0.5) is 10.6 Å². The van der Waals surface area contributed by atoms with Crippen LogP contribution in [0, 0.1) is 12.8 Å². The van der Waals surface area contributed by atoms with E-state index >= 15 is 0 Å². The topological polar surface area (TPSA) is 97.1 Å². The molecule has 1 heterocycles. The number of nitrogens with one attached hydrogen (secondary N) is 2. The summed E-state index contributed by atoms with van der Waals surface area (Å²) in [6, 6.07) is 7.14.